The van der Waals surface area contributed by atoms with Gasteiger partial charge < -0.3 is 0 Å². The summed E-state index contributed by atoms with van der Waals surface area (Å²) in [5, 5.41) is 4.26. The molecule has 0 aliphatic heterocycles. The van der Waals surface area contributed by atoms with Gasteiger partial charge in [-0.25, -0.2) is 12.2 Å². The van der Waals surface area contributed by atoms with Crippen LogP contribution in [0.15, 0.2) is 78.4 Å². The largest absolute Gasteiger partial charge is 2.00 e. The van der Waals surface area contributed by atoms with Crippen molar-refractivity contribution in [3.8, 4) is 5.30 Å². The number of rotatable bonds is 1. The maximum Gasteiger partial charge on any atom is 2.00 e. The zero-order valence-corrected chi connectivity index (χ0v) is 17.0. The normalized spacial score (nSPS) is 10.9. The van der Waals surface area contributed by atoms with Gasteiger partial charge in [0.15, 0.2) is 0 Å². The minimum absolute atomic E-state index is 0. The number of hydrogen-bond acceptors (Lipinski definition) is 0. The smallest absolute Gasteiger partial charge is 0.273 e. The summed E-state index contributed by atoms with van der Waals surface area (Å²) in [6.07, 6.45) is 10.0. The third-order valence-electron chi connectivity index (χ3n) is 3.13. The van der Waals surface area contributed by atoms with Gasteiger partial charge in [-0.05, 0) is 11.6 Å². The molecule has 112 valence electrons. The van der Waals surface area contributed by atoms with E-state index in [1.54, 1.807) is 0 Å². The molecule has 1 aliphatic rings. The van der Waals surface area contributed by atoms with E-state index in [-0.39, 0.29) is 58.6 Å². The number of allylic oxidation sites excluding steroid dienone is 4. The minimum Gasteiger partial charge on any atom is -0.273 e. The molecule has 1 heterocycles. The molecule has 1 aliphatic carbocycles. The van der Waals surface area contributed by atoms with E-state index in [1.165, 1.54) is 16.1 Å². The molecule has 1 aromatic heterocycles. The molecule has 0 fully saturated rings. The van der Waals surface area contributed by atoms with Crippen LogP contribution >= 0.6 is 32.3 Å². The van der Waals surface area contributed by atoms with Gasteiger partial charge in [-0.2, -0.15) is 12.1 Å². The topological polar surface area (TPSA) is 0 Å². The molecular formula is C18H17Cl2PZr. The molecule has 0 saturated carbocycles. The summed E-state index contributed by atoms with van der Waals surface area (Å²) in [5.74, 6) is 4.61. The molecule has 0 bridgehead atoms. The molecule has 2 aromatic carbocycles. The van der Waals surface area contributed by atoms with Crippen LogP contribution in [0, 0.1) is 6.08 Å². The van der Waals surface area contributed by atoms with E-state index >= 15 is 0 Å². The van der Waals surface area contributed by atoms with Gasteiger partial charge in [-0.15, -0.1) is 73.8 Å². The fourth-order valence-corrected chi connectivity index (χ4v) is 3.91. The molecule has 3 aromatic rings. The summed E-state index contributed by atoms with van der Waals surface area (Å²) in [5.41, 5.74) is 0. The molecule has 22 heavy (non-hydrogen) atoms. The third-order valence-corrected chi connectivity index (χ3v) is 5.06. The van der Waals surface area contributed by atoms with Gasteiger partial charge in [0, 0.05) is 0 Å². The Hall–Kier alpha value is -0.447. The first kappa shape index (κ1) is 21.6. The van der Waals surface area contributed by atoms with Crippen LogP contribution in [0.5, 0.6) is 0 Å². The minimum atomic E-state index is -0.164. The van der Waals surface area contributed by atoms with E-state index in [4.69, 9.17) is 0 Å². The number of halogens is 2. The molecule has 4 rings (SSSR count). The van der Waals surface area contributed by atoms with Crippen molar-refractivity contribution >= 4 is 43.1 Å². The Balaban J connectivity index is 0.000000482. The monoisotopic (exact) mass is 424 g/mol. The summed E-state index contributed by atoms with van der Waals surface area (Å²) >= 11 is 0. The van der Waals surface area contributed by atoms with E-state index in [1.807, 2.05) is 12.2 Å². The van der Waals surface area contributed by atoms with Crippen molar-refractivity contribution in [3.05, 3.63) is 84.4 Å². The van der Waals surface area contributed by atoms with Gasteiger partial charge >= 0.3 is 26.2 Å². The molecule has 0 amide bonds. The van der Waals surface area contributed by atoms with Gasteiger partial charge in [0.25, 0.3) is 0 Å². The van der Waals surface area contributed by atoms with Crippen molar-refractivity contribution in [3.63, 3.8) is 0 Å². The Bertz CT molecular complexity index is 702. The first-order chi connectivity index (χ1) is 9.45. The van der Waals surface area contributed by atoms with Crippen LogP contribution in [0.3, 0.4) is 0 Å². The van der Waals surface area contributed by atoms with Gasteiger partial charge in [0.05, 0.1) is 0 Å². The predicted octanol–water partition coefficient (Wildman–Crippen LogP) is 6.68. The van der Waals surface area contributed by atoms with Gasteiger partial charge in [-0.1, -0.05) is 23.5 Å². The first-order valence-electron chi connectivity index (χ1n) is 6.45. The van der Waals surface area contributed by atoms with Crippen LogP contribution in [-0.4, -0.2) is 0 Å². The molecule has 0 saturated heterocycles. The summed E-state index contributed by atoms with van der Waals surface area (Å²) in [7, 11) is -0.164. The Morgan fingerprint density at radius 2 is 1.68 bits per heavy atom. The summed E-state index contributed by atoms with van der Waals surface area (Å²) in [6, 6.07) is 17.4. The molecule has 4 heteroatoms. The summed E-state index contributed by atoms with van der Waals surface area (Å²) in [6.45, 7) is 0. The number of fused-ring (bicyclic) bond motifs is 1. The van der Waals surface area contributed by atoms with Crippen LogP contribution in [0.4, 0.5) is 0 Å². The second-order valence-electron chi connectivity index (χ2n) is 4.40. The number of benzene rings is 1. The SMILES string of the molecule is Cl.Cl.[C-]1=CC=CC1.[Zr+2].c1ccc2c(c1)cc[c-]2-p1cccc1. The average Bonchev–Trinajstić information content (AvgIpc) is 3.21. The van der Waals surface area contributed by atoms with Crippen molar-refractivity contribution in [2.45, 2.75) is 6.42 Å². The molecular weight excluding hydrogens is 409 g/mol. The maximum absolute atomic E-state index is 2.99. The van der Waals surface area contributed by atoms with Crippen molar-refractivity contribution in [2.24, 2.45) is 0 Å². The van der Waals surface area contributed by atoms with Crippen LogP contribution in [-0.2, 0) is 26.2 Å². The summed E-state index contributed by atoms with van der Waals surface area (Å²) in [4.78, 5) is 0. The van der Waals surface area contributed by atoms with Crippen LogP contribution < -0.4 is 0 Å². The van der Waals surface area contributed by atoms with Crippen molar-refractivity contribution in [1.29, 1.82) is 0 Å². The van der Waals surface area contributed by atoms with Crippen molar-refractivity contribution in [2.75, 3.05) is 0 Å². The second-order valence-corrected chi connectivity index (χ2v) is 6.29. The fourth-order valence-electron chi connectivity index (χ4n) is 2.19. The quantitative estimate of drug-likeness (QED) is 0.381. The fraction of sp³-hybridized carbons (Fsp3) is 0.0556. The summed E-state index contributed by atoms with van der Waals surface area (Å²) < 4.78 is 0. The van der Waals surface area contributed by atoms with Crippen molar-refractivity contribution < 1.29 is 26.2 Å². The van der Waals surface area contributed by atoms with Crippen molar-refractivity contribution in [1.82, 2.24) is 0 Å². The Labute approximate surface area is 164 Å². The van der Waals surface area contributed by atoms with Gasteiger partial charge in [0.1, 0.15) is 0 Å². The molecule has 0 nitrogen and oxygen atoms in total. The molecule has 0 radical (unpaired) electrons. The van der Waals surface area contributed by atoms with E-state index < -0.39 is 0 Å². The van der Waals surface area contributed by atoms with Crippen LogP contribution in [0.2, 0.25) is 0 Å². The average molecular weight is 426 g/mol. The Morgan fingerprint density at radius 3 is 2.27 bits per heavy atom. The Morgan fingerprint density at radius 1 is 0.955 bits per heavy atom. The third kappa shape index (κ3) is 5.32. The van der Waals surface area contributed by atoms with Gasteiger partial charge in [0.2, 0.25) is 0 Å². The van der Waals surface area contributed by atoms with E-state index in [0.29, 0.717) is 0 Å². The first-order valence-corrected chi connectivity index (χ1v) is 7.93. The van der Waals surface area contributed by atoms with Crippen LogP contribution in [0.25, 0.3) is 16.1 Å². The molecule has 0 spiro atoms. The standard InChI is InChI=1S/C13H10P.C5H5.2ClH.Zr/c1-2-6-12-11(5-1)7-8-13(12)14-9-3-4-10-14;1-2-4-5-3-1;;;/h1-10H;1-3H,4H2;2*1H;/q2*-1;;;+2. The molecule has 0 N–H and O–H groups in total. The maximum atomic E-state index is 2.99. The van der Waals surface area contributed by atoms with E-state index in [2.05, 4.69) is 72.3 Å². The van der Waals surface area contributed by atoms with E-state index in [0.717, 1.165) is 6.42 Å². The zero-order chi connectivity index (χ0) is 12.9. The second kappa shape index (κ2) is 11.1. The van der Waals surface area contributed by atoms with Gasteiger partial charge in [-0.3, -0.25) is 6.08 Å². The van der Waals surface area contributed by atoms with Crippen LogP contribution in [0.1, 0.15) is 6.42 Å². The zero-order valence-electron chi connectivity index (χ0n) is 12.0. The molecule has 0 unspecified atom stereocenters. The number of hydrogen-bond donors (Lipinski definition) is 0. The predicted molar refractivity (Wildman–Crippen MR) is 99.7 cm³/mol. The van der Waals surface area contributed by atoms with E-state index in [9.17, 15) is 0 Å². The molecule has 0 atom stereocenters. The Kier molecular flexibility index (Phi) is 10.9.